The summed E-state index contributed by atoms with van der Waals surface area (Å²) in [5, 5.41) is 2.65. The molecule has 0 unspecified atom stereocenters. The van der Waals surface area contributed by atoms with Crippen LogP contribution in [0.1, 0.15) is 5.76 Å². The van der Waals surface area contributed by atoms with Crippen molar-refractivity contribution >= 4 is 40.4 Å². The van der Waals surface area contributed by atoms with Gasteiger partial charge in [-0.25, -0.2) is 4.98 Å². The van der Waals surface area contributed by atoms with E-state index in [-0.39, 0.29) is 5.91 Å². The van der Waals surface area contributed by atoms with Crippen molar-refractivity contribution in [2.45, 2.75) is 0 Å². The zero-order valence-electron chi connectivity index (χ0n) is 8.76. The normalized spacial score (nSPS) is 10.6. The van der Waals surface area contributed by atoms with E-state index in [1.165, 1.54) is 6.08 Å². The van der Waals surface area contributed by atoms with Crippen LogP contribution in [0, 0.1) is 3.57 Å². The molecule has 0 aliphatic carbocycles. The first-order valence-corrected chi connectivity index (χ1v) is 5.96. The van der Waals surface area contributed by atoms with Gasteiger partial charge in [-0.15, -0.1) is 0 Å². The SMILES string of the molecule is O=C(C=Cc1ccco1)Nc1ccc(I)cn1. The molecular weight excluding hydrogens is 331 g/mol. The summed E-state index contributed by atoms with van der Waals surface area (Å²) in [5.41, 5.74) is 0. The number of carbonyl (C=O) groups excluding carboxylic acids is 1. The topological polar surface area (TPSA) is 55.1 Å². The van der Waals surface area contributed by atoms with Crippen molar-refractivity contribution in [3.05, 3.63) is 52.1 Å². The molecule has 4 nitrogen and oxygen atoms in total. The molecule has 2 aromatic rings. The van der Waals surface area contributed by atoms with Gasteiger partial charge in [0.2, 0.25) is 5.91 Å². The largest absolute Gasteiger partial charge is 0.465 e. The third kappa shape index (κ3) is 3.70. The zero-order chi connectivity index (χ0) is 12.1. The van der Waals surface area contributed by atoms with Crippen LogP contribution < -0.4 is 5.32 Å². The Morgan fingerprint density at radius 1 is 1.41 bits per heavy atom. The highest BCUT2D eigenvalue weighted by Gasteiger charge is 1.99. The van der Waals surface area contributed by atoms with Crippen molar-refractivity contribution in [2.75, 3.05) is 5.32 Å². The zero-order valence-corrected chi connectivity index (χ0v) is 10.9. The third-order valence-corrected chi connectivity index (χ3v) is 2.56. The number of furan rings is 1. The fourth-order valence-corrected chi connectivity index (χ4v) is 1.48. The summed E-state index contributed by atoms with van der Waals surface area (Å²) in [5.74, 6) is 0.922. The Kier molecular flexibility index (Phi) is 3.92. The molecule has 0 saturated heterocycles. The molecule has 0 aromatic carbocycles. The average Bonchev–Trinajstić information content (AvgIpc) is 2.83. The van der Waals surface area contributed by atoms with Crippen molar-refractivity contribution in [2.24, 2.45) is 0 Å². The maximum atomic E-state index is 11.5. The molecule has 0 fully saturated rings. The molecule has 2 rings (SSSR count). The molecule has 0 aliphatic heterocycles. The van der Waals surface area contributed by atoms with Gasteiger partial charge in [0.15, 0.2) is 0 Å². The maximum Gasteiger partial charge on any atom is 0.249 e. The number of halogens is 1. The van der Waals surface area contributed by atoms with Gasteiger partial charge in [-0.1, -0.05) is 0 Å². The van der Waals surface area contributed by atoms with Crippen LogP contribution >= 0.6 is 22.6 Å². The van der Waals surface area contributed by atoms with Gasteiger partial charge in [0, 0.05) is 15.8 Å². The van der Waals surface area contributed by atoms with E-state index in [1.54, 1.807) is 36.7 Å². The number of amides is 1. The molecule has 0 radical (unpaired) electrons. The minimum Gasteiger partial charge on any atom is -0.465 e. The van der Waals surface area contributed by atoms with E-state index in [0.29, 0.717) is 11.6 Å². The van der Waals surface area contributed by atoms with Crippen LogP contribution in [0.5, 0.6) is 0 Å². The molecule has 86 valence electrons. The Morgan fingerprint density at radius 2 is 2.29 bits per heavy atom. The number of hydrogen-bond donors (Lipinski definition) is 1. The second-order valence-corrected chi connectivity index (χ2v) is 4.45. The third-order valence-electron chi connectivity index (χ3n) is 1.92. The van der Waals surface area contributed by atoms with Crippen LogP contribution in [0.2, 0.25) is 0 Å². The van der Waals surface area contributed by atoms with Gasteiger partial charge < -0.3 is 9.73 Å². The molecule has 0 atom stereocenters. The first-order valence-electron chi connectivity index (χ1n) is 4.88. The van der Waals surface area contributed by atoms with E-state index < -0.39 is 0 Å². The van der Waals surface area contributed by atoms with Crippen LogP contribution in [0.4, 0.5) is 5.82 Å². The van der Waals surface area contributed by atoms with E-state index >= 15 is 0 Å². The van der Waals surface area contributed by atoms with Gasteiger partial charge in [0.1, 0.15) is 11.6 Å². The molecule has 2 aromatic heterocycles. The molecule has 1 amide bonds. The number of aromatic nitrogens is 1. The van der Waals surface area contributed by atoms with Gasteiger partial charge in [-0.05, 0) is 52.9 Å². The summed E-state index contributed by atoms with van der Waals surface area (Å²) in [6, 6.07) is 7.16. The van der Waals surface area contributed by atoms with Crippen molar-refractivity contribution in [3.8, 4) is 0 Å². The minimum absolute atomic E-state index is 0.241. The maximum absolute atomic E-state index is 11.5. The molecule has 2 heterocycles. The fraction of sp³-hybridized carbons (Fsp3) is 0. The monoisotopic (exact) mass is 340 g/mol. The average molecular weight is 340 g/mol. The molecule has 5 heteroatoms. The number of carbonyl (C=O) groups is 1. The summed E-state index contributed by atoms with van der Waals surface area (Å²) >= 11 is 2.15. The second-order valence-electron chi connectivity index (χ2n) is 3.20. The Hall–Kier alpha value is -1.63. The first kappa shape index (κ1) is 11.8. The number of hydrogen-bond acceptors (Lipinski definition) is 3. The molecule has 17 heavy (non-hydrogen) atoms. The predicted molar refractivity (Wildman–Crippen MR) is 73.3 cm³/mol. The van der Waals surface area contributed by atoms with Gasteiger partial charge in [-0.2, -0.15) is 0 Å². The van der Waals surface area contributed by atoms with Crippen molar-refractivity contribution in [1.29, 1.82) is 0 Å². The highest BCUT2D eigenvalue weighted by molar-refractivity contribution is 14.1. The Morgan fingerprint density at radius 3 is 2.94 bits per heavy atom. The van der Waals surface area contributed by atoms with E-state index in [9.17, 15) is 4.79 Å². The number of nitrogens with one attached hydrogen (secondary N) is 1. The van der Waals surface area contributed by atoms with Crippen molar-refractivity contribution < 1.29 is 9.21 Å². The number of rotatable bonds is 3. The summed E-state index contributed by atoms with van der Waals surface area (Å²) in [7, 11) is 0. The standard InChI is InChI=1S/C12H9IN2O2/c13-9-3-5-11(14-8-9)15-12(16)6-4-10-2-1-7-17-10/h1-8H,(H,14,15,16). The predicted octanol–water partition coefficient (Wildman–Crippen LogP) is 2.93. The molecule has 0 saturated carbocycles. The lowest BCUT2D eigenvalue weighted by Crippen LogP contribution is -2.08. The smallest absolute Gasteiger partial charge is 0.249 e. The van der Waals surface area contributed by atoms with Gasteiger partial charge in [0.05, 0.1) is 6.26 Å². The quantitative estimate of drug-likeness (QED) is 0.691. The summed E-state index contributed by atoms with van der Waals surface area (Å²) < 4.78 is 6.09. The van der Waals surface area contributed by atoms with Crippen LogP contribution in [0.25, 0.3) is 6.08 Å². The minimum atomic E-state index is -0.241. The summed E-state index contributed by atoms with van der Waals surface area (Å²) in [6.07, 6.45) is 6.24. The van der Waals surface area contributed by atoms with E-state index in [4.69, 9.17) is 4.42 Å². The van der Waals surface area contributed by atoms with Crippen LogP contribution in [0.15, 0.2) is 47.2 Å². The van der Waals surface area contributed by atoms with E-state index in [1.807, 2.05) is 6.07 Å². The lowest BCUT2D eigenvalue weighted by Gasteiger charge is -1.99. The Bertz CT molecular complexity index is 518. The molecule has 0 aliphatic rings. The van der Waals surface area contributed by atoms with Crippen LogP contribution in [-0.2, 0) is 4.79 Å². The first-order chi connectivity index (χ1) is 8.24. The highest BCUT2D eigenvalue weighted by Crippen LogP contribution is 2.07. The number of nitrogens with zero attached hydrogens (tertiary/aromatic N) is 1. The molecule has 0 spiro atoms. The van der Waals surface area contributed by atoms with Crippen molar-refractivity contribution in [1.82, 2.24) is 4.98 Å². The number of anilines is 1. The molecule has 1 N–H and O–H groups in total. The molecular formula is C12H9IN2O2. The van der Waals surface area contributed by atoms with Crippen LogP contribution in [0.3, 0.4) is 0 Å². The highest BCUT2D eigenvalue weighted by atomic mass is 127. The Labute approximate surface area is 112 Å². The lowest BCUT2D eigenvalue weighted by atomic mass is 10.4. The summed E-state index contributed by atoms with van der Waals surface area (Å²) in [4.78, 5) is 15.6. The number of pyridine rings is 1. The summed E-state index contributed by atoms with van der Waals surface area (Å²) in [6.45, 7) is 0. The van der Waals surface area contributed by atoms with E-state index in [0.717, 1.165) is 3.57 Å². The lowest BCUT2D eigenvalue weighted by molar-refractivity contribution is -0.111. The van der Waals surface area contributed by atoms with Gasteiger partial charge >= 0.3 is 0 Å². The Balaban J connectivity index is 1.95. The van der Waals surface area contributed by atoms with E-state index in [2.05, 4.69) is 32.9 Å². The second kappa shape index (κ2) is 5.62. The van der Waals surface area contributed by atoms with Crippen molar-refractivity contribution in [3.63, 3.8) is 0 Å². The fourth-order valence-electron chi connectivity index (χ4n) is 1.16. The van der Waals surface area contributed by atoms with Crippen LogP contribution in [-0.4, -0.2) is 10.9 Å². The molecule has 0 bridgehead atoms. The van der Waals surface area contributed by atoms with Gasteiger partial charge in [-0.3, -0.25) is 4.79 Å². The van der Waals surface area contributed by atoms with Gasteiger partial charge in [0.25, 0.3) is 0 Å².